The fraction of sp³-hybridized carbons (Fsp3) is 0.750. The lowest BCUT2D eigenvalue weighted by Gasteiger charge is -2.13. The molecule has 0 amide bonds. The number of hydrogen-bond acceptors (Lipinski definition) is 2. The summed E-state index contributed by atoms with van der Waals surface area (Å²) in [7, 11) is 0. The van der Waals surface area contributed by atoms with E-state index >= 15 is 0 Å². The topological polar surface area (TPSA) is 34.1 Å². The fourth-order valence-corrected chi connectivity index (χ4v) is 1.07. The van der Waals surface area contributed by atoms with Gasteiger partial charge in [-0.05, 0) is 24.4 Å². The van der Waals surface area contributed by atoms with Gasteiger partial charge in [0.1, 0.15) is 5.78 Å². The monoisotopic (exact) mass is 176 g/mol. The van der Waals surface area contributed by atoms with Crippen LogP contribution in [0.15, 0.2) is 0 Å². The van der Waals surface area contributed by atoms with E-state index in [4.69, 9.17) is 11.6 Å². The summed E-state index contributed by atoms with van der Waals surface area (Å²) in [6, 6.07) is 0. The Morgan fingerprint density at radius 3 is 2.09 bits per heavy atom. The smallest absolute Gasteiger partial charge is 0.224 e. The van der Waals surface area contributed by atoms with Crippen molar-refractivity contribution >= 4 is 22.6 Å². The summed E-state index contributed by atoms with van der Waals surface area (Å²) in [5.74, 6) is -0.0691. The zero-order valence-electron chi connectivity index (χ0n) is 7.06. The van der Waals surface area contributed by atoms with Gasteiger partial charge in [-0.25, -0.2) is 0 Å². The van der Waals surface area contributed by atoms with Crippen LogP contribution < -0.4 is 0 Å². The molecule has 0 heterocycles. The molecule has 0 aromatic rings. The molecule has 64 valence electrons. The molecule has 0 aromatic heterocycles. The minimum Gasteiger partial charge on any atom is -0.300 e. The first kappa shape index (κ1) is 10.6. The molecule has 0 aliphatic carbocycles. The van der Waals surface area contributed by atoms with Crippen molar-refractivity contribution in [1.82, 2.24) is 0 Å². The number of Topliss-reactive ketones (excluding diaryl/α,β-unsaturated/α-hetero) is 1. The summed E-state index contributed by atoms with van der Waals surface area (Å²) < 4.78 is 0. The lowest BCUT2D eigenvalue weighted by Crippen LogP contribution is -2.16. The van der Waals surface area contributed by atoms with Crippen LogP contribution in [0.4, 0.5) is 0 Å². The molecule has 3 heteroatoms. The molecule has 0 N–H and O–H groups in total. The fourth-order valence-electron chi connectivity index (χ4n) is 0.854. The molecular formula is C8H13ClO2. The highest BCUT2D eigenvalue weighted by atomic mass is 35.5. The number of hydrogen-bond donors (Lipinski definition) is 0. The van der Waals surface area contributed by atoms with Crippen molar-refractivity contribution in [3.8, 4) is 0 Å². The quantitative estimate of drug-likeness (QED) is 0.614. The van der Waals surface area contributed by atoms with Crippen LogP contribution in [0.1, 0.15) is 27.2 Å². The number of carbonyl (C=O) groups is 2. The minimum atomic E-state index is -0.362. The van der Waals surface area contributed by atoms with E-state index in [9.17, 15) is 9.59 Å². The maximum Gasteiger partial charge on any atom is 0.224 e. The molecular weight excluding hydrogens is 164 g/mol. The van der Waals surface area contributed by atoms with Crippen molar-refractivity contribution in [3.63, 3.8) is 0 Å². The van der Waals surface area contributed by atoms with Gasteiger partial charge in [-0.15, -0.1) is 0 Å². The molecule has 0 spiro atoms. The van der Waals surface area contributed by atoms with Gasteiger partial charge in [-0.1, -0.05) is 13.8 Å². The van der Waals surface area contributed by atoms with Crippen molar-refractivity contribution < 1.29 is 9.59 Å². The van der Waals surface area contributed by atoms with Crippen LogP contribution in [-0.4, -0.2) is 11.0 Å². The third-order valence-electron chi connectivity index (χ3n) is 1.82. The van der Waals surface area contributed by atoms with Crippen molar-refractivity contribution in [3.05, 3.63) is 0 Å². The second kappa shape index (κ2) is 4.50. The first-order valence-corrected chi connectivity index (χ1v) is 4.01. The van der Waals surface area contributed by atoms with E-state index in [-0.39, 0.29) is 22.9 Å². The maximum atomic E-state index is 10.6. The van der Waals surface area contributed by atoms with E-state index in [2.05, 4.69) is 0 Å². The average molecular weight is 177 g/mol. The predicted molar refractivity (Wildman–Crippen MR) is 44.5 cm³/mol. The third kappa shape index (κ3) is 4.14. The van der Waals surface area contributed by atoms with Crippen LogP contribution in [0.3, 0.4) is 0 Å². The summed E-state index contributed by atoms with van der Waals surface area (Å²) in [5, 5.41) is -0.362. The van der Waals surface area contributed by atoms with Gasteiger partial charge >= 0.3 is 0 Å². The molecule has 0 aromatic carbocycles. The summed E-state index contributed by atoms with van der Waals surface area (Å²) in [4.78, 5) is 21.2. The molecule has 11 heavy (non-hydrogen) atoms. The predicted octanol–water partition coefficient (Wildman–Crippen LogP) is 2.00. The van der Waals surface area contributed by atoms with Crippen LogP contribution in [0.25, 0.3) is 0 Å². The molecule has 2 atom stereocenters. The van der Waals surface area contributed by atoms with E-state index in [0.29, 0.717) is 6.42 Å². The van der Waals surface area contributed by atoms with Crippen LogP contribution in [-0.2, 0) is 9.59 Å². The standard InChI is InChI=1S/C8H13ClO2/c1-5(4-6(2)10)7(3)8(9)11/h5,7H,4H2,1-3H3. The van der Waals surface area contributed by atoms with Crippen molar-refractivity contribution in [2.45, 2.75) is 27.2 Å². The summed E-state index contributed by atoms with van der Waals surface area (Å²) >= 11 is 5.26. The highest BCUT2D eigenvalue weighted by Crippen LogP contribution is 2.17. The van der Waals surface area contributed by atoms with Gasteiger partial charge in [0.2, 0.25) is 5.24 Å². The van der Waals surface area contributed by atoms with Gasteiger partial charge in [0, 0.05) is 12.3 Å². The van der Waals surface area contributed by atoms with Gasteiger partial charge < -0.3 is 4.79 Å². The Morgan fingerprint density at radius 1 is 1.36 bits per heavy atom. The Balaban J connectivity index is 3.92. The van der Waals surface area contributed by atoms with Gasteiger partial charge in [0.25, 0.3) is 0 Å². The minimum absolute atomic E-state index is 0.0532. The van der Waals surface area contributed by atoms with Gasteiger partial charge in [-0.2, -0.15) is 0 Å². The first-order chi connectivity index (χ1) is 4.95. The van der Waals surface area contributed by atoms with Gasteiger partial charge in [0.15, 0.2) is 0 Å². The van der Waals surface area contributed by atoms with E-state index in [1.54, 1.807) is 6.92 Å². The van der Waals surface area contributed by atoms with E-state index in [1.807, 2.05) is 6.92 Å². The van der Waals surface area contributed by atoms with Crippen molar-refractivity contribution in [2.24, 2.45) is 11.8 Å². The molecule has 0 bridgehead atoms. The lowest BCUT2D eigenvalue weighted by atomic mass is 9.92. The molecule has 2 unspecified atom stereocenters. The van der Waals surface area contributed by atoms with Crippen LogP contribution in [0.2, 0.25) is 0 Å². The molecule has 0 rings (SSSR count). The Kier molecular flexibility index (Phi) is 4.34. The molecule has 2 nitrogen and oxygen atoms in total. The SMILES string of the molecule is CC(=O)CC(C)C(C)C(=O)Cl. The lowest BCUT2D eigenvalue weighted by molar-refractivity contribution is -0.119. The maximum absolute atomic E-state index is 10.6. The first-order valence-electron chi connectivity index (χ1n) is 3.64. The number of halogens is 1. The second-order valence-electron chi connectivity index (χ2n) is 2.98. The Labute approximate surface area is 71.9 Å². The Hall–Kier alpha value is -0.370. The van der Waals surface area contributed by atoms with E-state index < -0.39 is 0 Å². The van der Waals surface area contributed by atoms with Crippen LogP contribution >= 0.6 is 11.6 Å². The number of ketones is 1. The Bertz CT molecular complexity index is 165. The Morgan fingerprint density at radius 2 is 1.82 bits per heavy atom. The molecule has 0 fully saturated rings. The molecule has 0 aliphatic heterocycles. The highest BCUT2D eigenvalue weighted by molar-refractivity contribution is 6.63. The number of rotatable bonds is 4. The van der Waals surface area contributed by atoms with Crippen LogP contribution in [0.5, 0.6) is 0 Å². The number of carbonyl (C=O) groups excluding carboxylic acids is 2. The van der Waals surface area contributed by atoms with Gasteiger partial charge in [-0.3, -0.25) is 4.79 Å². The van der Waals surface area contributed by atoms with Crippen molar-refractivity contribution in [1.29, 1.82) is 0 Å². The zero-order valence-corrected chi connectivity index (χ0v) is 7.81. The van der Waals surface area contributed by atoms with E-state index in [1.165, 1.54) is 6.92 Å². The molecule has 0 saturated carbocycles. The summed E-state index contributed by atoms with van der Waals surface area (Å²) in [6.07, 6.45) is 0.430. The largest absolute Gasteiger partial charge is 0.300 e. The van der Waals surface area contributed by atoms with Crippen LogP contribution in [0, 0.1) is 11.8 Å². The third-order valence-corrected chi connectivity index (χ3v) is 2.17. The zero-order chi connectivity index (χ0) is 9.02. The molecule has 0 aliphatic rings. The summed E-state index contributed by atoms with van der Waals surface area (Å²) in [6.45, 7) is 5.11. The average Bonchev–Trinajstić information content (AvgIpc) is 1.84. The molecule has 0 radical (unpaired) electrons. The normalized spacial score (nSPS) is 15.6. The molecule has 0 saturated heterocycles. The van der Waals surface area contributed by atoms with Crippen molar-refractivity contribution in [2.75, 3.05) is 0 Å². The van der Waals surface area contributed by atoms with E-state index in [0.717, 1.165) is 0 Å². The highest BCUT2D eigenvalue weighted by Gasteiger charge is 2.19. The summed E-state index contributed by atoms with van der Waals surface area (Å²) in [5.41, 5.74) is 0. The second-order valence-corrected chi connectivity index (χ2v) is 3.35. The van der Waals surface area contributed by atoms with Gasteiger partial charge in [0.05, 0.1) is 0 Å².